The summed E-state index contributed by atoms with van der Waals surface area (Å²) in [6.07, 6.45) is 0. The van der Waals surface area contributed by atoms with Crippen molar-refractivity contribution >= 4 is 17.0 Å². The molecule has 0 saturated carbocycles. The van der Waals surface area contributed by atoms with Crippen LogP contribution >= 0.6 is 11.3 Å². The molecule has 1 aromatic heterocycles. The first-order valence-electron chi connectivity index (χ1n) is 6.73. The minimum Gasteiger partial charge on any atom is -0.497 e. The Morgan fingerprint density at radius 3 is 2.76 bits per heavy atom. The van der Waals surface area contributed by atoms with Crippen LogP contribution in [-0.2, 0) is 6.54 Å². The maximum atomic E-state index is 5.22. The predicted octanol–water partition coefficient (Wildman–Crippen LogP) is 4.43. The van der Waals surface area contributed by atoms with Crippen LogP contribution in [-0.4, -0.2) is 12.1 Å². The van der Waals surface area contributed by atoms with Gasteiger partial charge in [0.15, 0.2) is 0 Å². The Morgan fingerprint density at radius 1 is 1.10 bits per heavy atom. The molecule has 0 aliphatic carbocycles. The molecule has 4 heteroatoms. The standard InChI is InChI=1S/C17H16N2OS/c1-20-15-9-5-8-14(10-15)18-11-17-19-16(12-21-17)13-6-3-2-4-7-13/h2-10,12,18H,11H2,1H3. The first kappa shape index (κ1) is 13.6. The van der Waals surface area contributed by atoms with Crippen molar-refractivity contribution in [2.24, 2.45) is 0 Å². The molecule has 2 aromatic carbocycles. The van der Waals surface area contributed by atoms with Crippen molar-refractivity contribution in [1.29, 1.82) is 0 Å². The van der Waals surface area contributed by atoms with Crippen LogP contribution in [0.5, 0.6) is 5.75 Å². The SMILES string of the molecule is COc1cccc(NCc2nc(-c3ccccc3)cs2)c1. The predicted molar refractivity (Wildman–Crippen MR) is 87.9 cm³/mol. The second-order valence-corrected chi connectivity index (χ2v) is 5.52. The Bertz CT molecular complexity index is 710. The van der Waals surface area contributed by atoms with Gasteiger partial charge in [-0.05, 0) is 12.1 Å². The highest BCUT2D eigenvalue weighted by Crippen LogP contribution is 2.23. The molecule has 0 aliphatic heterocycles. The van der Waals surface area contributed by atoms with Crippen LogP contribution in [0.1, 0.15) is 5.01 Å². The Balaban J connectivity index is 1.67. The number of aromatic nitrogens is 1. The molecule has 3 nitrogen and oxygen atoms in total. The van der Waals surface area contributed by atoms with Gasteiger partial charge < -0.3 is 10.1 Å². The molecule has 0 amide bonds. The minimum atomic E-state index is 0.713. The zero-order valence-corrected chi connectivity index (χ0v) is 12.6. The number of anilines is 1. The van der Waals surface area contributed by atoms with E-state index in [9.17, 15) is 0 Å². The van der Waals surface area contributed by atoms with Gasteiger partial charge >= 0.3 is 0 Å². The second-order valence-electron chi connectivity index (χ2n) is 4.58. The summed E-state index contributed by atoms with van der Waals surface area (Å²) in [6.45, 7) is 0.713. The van der Waals surface area contributed by atoms with Crippen LogP contribution in [0.2, 0.25) is 0 Å². The summed E-state index contributed by atoms with van der Waals surface area (Å²) >= 11 is 1.67. The lowest BCUT2D eigenvalue weighted by Gasteiger charge is -2.06. The third-order valence-electron chi connectivity index (χ3n) is 3.13. The molecule has 21 heavy (non-hydrogen) atoms. The Labute approximate surface area is 128 Å². The highest BCUT2D eigenvalue weighted by atomic mass is 32.1. The minimum absolute atomic E-state index is 0.713. The lowest BCUT2D eigenvalue weighted by molar-refractivity contribution is 0.415. The van der Waals surface area contributed by atoms with E-state index in [1.807, 2.05) is 42.5 Å². The topological polar surface area (TPSA) is 34.1 Å². The average Bonchev–Trinajstić information content (AvgIpc) is 3.03. The normalized spacial score (nSPS) is 10.3. The molecule has 0 bridgehead atoms. The zero-order chi connectivity index (χ0) is 14.5. The molecule has 0 unspecified atom stereocenters. The van der Waals surface area contributed by atoms with E-state index in [-0.39, 0.29) is 0 Å². The van der Waals surface area contributed by atoms with Gasteiger partial charge in [-0.25, -0.2) is 4.98 Å². The van der Waals surface area contributed by atoms with Gasteiger partial charge in [0.2, 0.25) is 0 Å². The van der Waals surface area contributed by atoms with Crippen LogP contribution in [0.3, 0.4) is 0 Å². The quantitative estimate of drug-likeness (QED) is 0.756. The largest absolute Gasteiger partial charge is 0.497 e. The first-order valence-corrected chi connectivity index (χ1v) is 7.61. The number of hydrogen-bond donors (Lipinski definition) is 1. The second kappa shape index (κ2) is 6.41. The molecule has 0 aliphatic rings. The molecule has 1 N–H and O–H groups in total. The molecule has 0 saturated heterocycles. The number of benzene rings is 2. The molecule has 0 radical (unpaired) electrons. The van der Waals surface area contributed by atoms with Crippen LogP contribution in [0.15, 0.2) is 60.0 Å². The van der Waals surface area contributed by atoms with Crippen molar-refractivity contribution in [2.75, 3.05) is 12.4 Å². The van der Waals surface area contributed by atoms with E-state index >= 15 is 0 Å². The molecular formula is C17H16N2OS. The number of rotatable bonds is 5. The fourth-order valence-electron chi connectivity index (χ4n) is 2.04. The number of nitrogens with one attached hydrogen (secondary N) is 1. The first-order chi connectivity index (χ1) is 10.3. The van der Waals surface area contributed by atoms with Crippen molar-refractivity contribution in [2.45, 2.75) is 6.54 Å². The molecule has 3 aromatic rings. The van der Waals surface area contributed by atoms with Gasteiger partial charge in [-0.1, -0.05) is 36.4 Å². The van der Waals surface area contributed by atoms with Crippen molar-refractivity contribution in [3.8, 4) is 17.0 Å². The lowest BCUT2D eigenvalue weighted by Crippen LogP contribution is -1.99. The number of nitrogens with zero attached hydrogens (tertiary/aromatic N) is 1. The lowest BCUT2D eigenvalue weighted by atomic mass is 10.2. The zero-order valence-electron chi connectivity index (χ0n) is 11.7. The van der Waals surface area contributed by atoms with Gasteiger partial charge in [0.05, 0.1) is 19.3 Å². The summed E-state index contributed by atoms with van der Waals surface area (Å²) in [5.41, 5.74) is 3.22. The fourth-order valence-corrected chi connectivity index (χ4v) is 2.79. The van der Waals surface area contributed by atoms with Gasteiger partial charge in [-0.2, -0.15) is 0 Å². The van der Waals surface area contributed by atoms with E-state index in [1.54, 1.807) is 18.4 Å². The third-order valence-corrected chi connectivity index (χ3v) is 3.98. The smallest absolute Gasteiger partial charge is 0.120 e. The summed E-state index contributed by atoms with van der Waals surface area (Å²) in [4.78, 5) is 4.66. The van der Waals surface area contributed by atoms with E-state index in [0.29, 0.717) is 6.54 Å². The monoisotopic (exact) mass is 296 g/mol. The number of methoxy groups -OCH3 is 1. The van der Waals surface area contributed by atoms with Crippen molar-refractivity contribution in [3.63, 3.8) is 0 Å². The Kier molecular flexibility index (Phi) is 4.17. The summed E-state index contributed by atoms with van der Waals surface area (Å²) in [7, 11) is 1.67. The molecular weight excluding hydrogens is 280 g/mol. The van der Waals surface area contributed by atoms with E-state index in [0.717, 1.165) is 27.7 Å². The highest BCUT2D eigenvalue weighted by molar-refractivity contribution is 7.09. The van der Waals surface area contributed by atoms with Gasteiger partial charge in [0.25, 0.3) is 0 Å². The van der Waals surface area contributed by atoms with Crippen LogP contribution in [0, 0.1) is 0 Å². The van der Waals surface area contributed by atoms with Crippen molar-refractivity contribution in [1.82, 2.24) is 4.98 Å². The summed E-state index contributed by atoms with van der Waals surface area (Å²) in [5, 5.41) is 6.53. The average molecular weight is 296 g/mol. The molecule has 1 heterocycles. The molecule has 3 rings (SSSR count). The Morgan fingerprint density at radius 2 is 1.95 bits per heavy atom. The summed E-state index contributed by atoms with van der Waals surface area (Å²) in [6, 6.07) is 18.1. The maximum Gasteiger partial charge on any atom is 0.120 e. The van der Waals surface area contributed by atoms with E-state index in [2.05, 4.69) is 27.8 Å². The number of ether oxygens (including phenoxy) is 1. The third kappa shape index (κ3) is 3.41. The van der Waals surface area contributed by atoms with Gasteiger partial charge in [-0.3, -0.25) is 0 Å². The molecule has 0 spiro atoms. The fraction of sp³-hybridized carbons (Fsp3) is 0.118. The molecule has 0 atom stereocenters. The van der Waals surface area contributed by atoms with Crippen LogP contribution < -0.4 is 10.1 Å². The van der Waals surface area contributed by atoms with E-state index in [1.165, 1.54) is 0 Å². The van der Waals surface area contributed by atoms with Crippen LogP contribution in [0.4, 0.5) is 5.69 Å². The maximum absolute atomic E-state index is 5.22. The molecule has 0 fully saturated rings. The van der Waals surface area contributed by atoms with Crippen molar-refractivity contribution < 1.29 is 4.74 Å². The van der Waals surface area contributed by atoms with Crippen molar-refractivity contribution in [3.05, 3.63) is 65.0 Å². The number of hydrogen-bond acceptors (Lipinski definition) is 4. The summed E-state index contributed by atoms with van der Waals surface area (Å²) < 4.78 is 5.22. The summed E-state index contributed by atoms with van der Waals surface area (Å²) in [5.74, 6) is 0.851. The number of thiazole rings is 1. The van der Waals surface area contributed by atoms with E-state index < -0.39 is 0 Å². The van der Waals surface area contributed by atoms with Gasteiger partial charge in [0, 0.05) is 22.7 Å². The highest BCUT2D eigenvalue weighted by Gasteiger charge is 2.04. The molecule has 106 valence electrons. The van der Waals surface area contributed by atoms with Gasteiger partial charge in [-0.15, -0.1) is 11.3 Å². The Hall–Kier alpha value is -2.33. The van der Waals surface area contributed by atoms with Crippen LogP contribution in [0.25, 0.3) is 11.3 Å². The van der Waals surface area contributed by atoms with Gasteiger partial charge in [0.1, 0.15) is 10.8 Å². The van der Waals surface area contributed by atoms with E-state index in [4.69, 9.17) is 4.74 Å².